The molecule has 1 fully saturated rings. The summed E-state index contributed by atoms with van der Waals surface area (Å²) in [5.74, 6) is 1.68. The van der Waals surface area contributed by atoms with Crippen molar-refractivity contribution in [3.8, 4) is 11.5 Å². The van der Waals surface area contributed by atoms with Crippen LogP contribution < -0.4 is 14.4 Å². The Kier molecular flexibility index (Phi) is 6.14. The summed E-state index contributed by atoms with van der Waals surface area (Å²) in [4.78, 5) is 4.65. The van der Waals surface area contributed by atoms with Gasteiger partial charge in [-0.15, -0.1) is 0 Å². The number of anilines is 1. The maximum absolute atomic E-state index is 10.2. The zero-order valence-electron chi connectivity index (χ0n) is 14.7. The third-order valence-electron chi connectivity index (χ3n) is 4.46. The van der Waals surface area contributed by atoms with Crippen molar-refractivity contribution in [1.82, 2.24) is 4.90 Å². The minimum absolute atomic E-state index is 0.322. The van der Waals surface area contributed by atoms with E-state index in [1.807, 2.05) is 42.5 Å². The minimum Gasteiger partial charge on any atom is -0.497 e. The number of rotatable bonds is 7. The van der Waals surface area contributed by atoms with Crippen molar-refractivity contribution in [3.63, 3.8) is 0 Å². The smallest absolute Gasteiger partial charge is 0.119 e. The summed E-state index contributed by atoms with van der Waals surface area (Å²) in [7, 11) is 1.68. The second-order valence-corrected chi connectivity index (χ2v) is 6.26. The number of aliphatic hydroxyl groups is 1. The van der Waals surface area contributed by atoms with Crippen LogP contribution in [0, 0.1) is 0 Å². The maximum Gasteiger partial charge on any atom is 0.119 e. The Morgan fingerprint density at radius 2 is 1.60 bits per heavy atom. The normalized spacial score (nSPS) is 16.5. The van der Waals surface area contributed by atoms with Gasteiger partial charge in [0, 0.05) is 38.4 Å². The van der Waals surface area contributed by atoms with Gasteiger partial charge >= 0.3 is 0 Å². The van der Waals surface area contributed by atoms with Crippen LogP contribution in [0.2, 0.25) is 0 Å². The number of aliphatic hydroxyl groups excluding tert-OH is 1. The van der Waals surface area contributed by atoms with E-state index in [-0.39, 0.29) is 0 Å². The lowest BCUT2D eigenvalue weighted by atomic mass is 10.2. The van der Waals surface area contributed by atoms with Gasteiger partial charge in [0.2, 0.25) is 0 Å². The number of para-hydroxylation sites is 1. The van der Waals surface area contributed by atoms with Crippen LogP contribution >= 0.6 is 0 Å². The van der Waals surface area contributed by atoms with Crippen molar-refractivity contribution in [2.45, 2.75) is 6.10 Å². The van der Waals surface area contributed by atoms with Gasteiger partial charge in [0.1, 0.15) is 24.2 Å². The van der Waals surface area contributed by atoms with Gasteiger partial charge in [0.05, 0.1) is 7.11 Å². The van der Waals surface area contributed by atoms with E-state index in [4.69, 9.17) is 9.47 Å². The molecule has 1 aliphatic rings. The molecule has 0 spiro atoms. The van der Waals surface area contributed by atoms with Crippen molar-refractivity contribution in [1.29, 1.82) is 0 Å². The van der Waals surface area contributed by atoms with Crippen molar-refractivity contribution in [3.05, 3.63) is 54.6 Å². The molecule has 0 saturated carbocycles. The second kappa shape index (κ2) is 8.74. The molecule has 1 atom stereocenters. The first kappa shape index (κ1) is 17.6. The molecule has 0 aliphatic carbocycles. The van der Waals surface area contributed by atoms with Gasteiger partial charge in [-0.3, -0.25) is 4.90 Å². The Balaban J connectivity index is 1.41. The zero-order valence-corrected chi connectivity index (χ0v) is 14.7. The number of hydrogen-bond acceptors (Lipinski definition) is 5. The number of ether oxygens (including phenoxy) is 2. The molecule has 0 radical (unpaired) electrons. The van der Waals surface area contributed by atoms with Crippen molar-refractivity contribution >= 4 is 5.69 Å². The van der Waals surface area contributed by atoms with E-state index < -0.39 is 6.10 Å². The molecule has 5 heteroatoms. The summed E-state index contributed by atoms with van der Waals surface area (Å²) in [6, 6.07) is 17.8. The van der Waals surface area contributed by atoms with Gasteiger partial charge in [0.15, 0.2) is 0 Å². The average molecular weight is 342 g/mol. The first-order valence-corrected chi connectivity index (χ1v) is 8.72. The number of nitrogens with zero attached hydrogens (tertiary/aromatic N) is 2. The molecule has 0 amide bonds. The Morgan fingerprint density at radius 3 is 2.24 bits per heavy atom. The van der Waals surface area contributed by atoms with Crippen LogP contribution in [0.3, 0.4) is 0 Å². The first-order chi connectivity index (χ1) is 12.2. The van der Waals surface area contributed by atoms with Crippen LogP contribution in [0.5, 0.6) is 11.5 Å². The number of hydrogen-bond donors (Lipinski definition) is 1. The average Bonchev–Trinajstić information content (AvgIpc) is 2.68. The summed E-state index contributed by atoms with van der Waals surface area (Å²) in [6.07, 6.45) is -0.479. The molecule has 1 aliphatic heterocycles. The largest absolute Gasteiger partial charge is 0.497 e. The van der Waals surface area contributed by atoms with E-state index in [1.54, 1.807) is 7.11 Å². The lowest BCUT2D eigenvalue weighted by Crippen LogP contribution is -2.49. The summed E-state index contributed by atoms with van der Waals surface area (Å²) in [5, 5.41) is 10.2. The van der Waals surface area contributed by atoms with Crippen molar-refractivity contribution in [2.75, 3.05) is 51.3 Å². The highest BCUT2D eigenvalue weighted by Gasteiger charge is 2.19. The van der Waals surface area contributed by atoms with E-state index >= 15 is 0 Å². The number of β-amino-alcohol motifs (C(OH)–C–C–N with tert-alkyl or cyclic N) is 1. The molecule has 2 aromatic rings. The molecule has 0 bridgehead atoms. The molecule has 0 aromatic heterocycles. The molecule has 1 N–H and O–H groups in total. The van der Waals surface area contributed by atoms with E-state index in [1.165, 1.54) is 5.69 Å². The maximum atomic E-state index is 10.2. The van der Waals surface area contributed by atoms with Crippen LogP contribution in [0.25, 0.3) is 0 Å². The molecule has 1 heterocycles. The lowest BCUT2D eigenvalue weighted by Gasteiger charge is -2.36. The highest BCUT2D eigenvalue weighted by atomic mass is 16.5. The summed E-state index contributed by atoms with van der Waals surface area (Å²) < 4.78 is 10.8. The lowest BCUT2D eigenvalue weighted by molar-refractivity contribution is 0.0663. The monoisotopic (exact) mass is 342 g/mol. The van der Waals surface area contributed by atoms with E-state index in [2.05, 4.69) is 21.9 Å². The molecular formula is C20H26N2O3. The Labute approximate surface area is 149 Å². The van der Waals surface area contributed by atoms with E-state index in [0.29, 0.717) is 13.2 Å². The Bertz CT molecular complexity index is 625. The van der Waals surface area contributed by atoms with Crippen molar-refractivity contribution in [2.24, 2.45) is 0 Å². The summed E-state index contributed by atoms with van der Waals surface area (Å²) in [5.41, 5.74) is 1.22. The van der Waals surface area contributed by atoms with Gasteiger partial charge in [-0.2, -0.15) is 0 Å². The van der Waals surface area contributed by atoms with Crippen molar-refractivity contribution < 1.29 is 14.6 Å². The van der Waals surface area contributed by atoms with Crippen LogP contribution in [0.4, 0.5) is 5.69 Å². The summed E-state index contributed by atoms with van der Waals surface area (Å²) >= 11 is 0. The molecular weight excluding hydrogens is 316 g/mol. The minimum atomic E-state index is -0.479. The quantitative estimate of drug-likeness (QED) is 0.836. The predicted molar refractivity (Wildman–Crippen MR) is 99.6 cm³/mol. The SMILES string of the molecule is COc1ccc(N2CCN(CC(O)COc3ccccc3)CC2)cc1. The van der Waals surface area contributed by atoms with Crippen LogP contribution in [-0.2, 0) is 0 Å². The number of piperazine rings is 1. The summed E-state index contributed by atoms with van der Waals surface area (Å²) in [6.45, 7) is 4.76. The van der Waals surface area contributed by atoms with Crippen LogP contribution in [0.1, 0.15) is 0 Å². The molecule has 3 rings (SSSR count). The fourth-order valence-corrected chi connectivity index (χ4v) is 3.04. The van der Waals surface area contributed by atoms with Gasteiger partial charge in [-0.05, 0) is 36.4 Å². The molecule has 5 nitrogen and oxygen atoms in total. The van der Waals surface area contributed by atoms with Crippen LogP contribution in [0.15, 0.2) is 54.6 Å². The van der Waals surface area contributed by atoms with Gasteiger partial charge in [-0.1, -0.05) is 18.2 Å². The molecule has 134 valence electrons. The third kappa shape index (κ3) is 5.11. The Morgan fingerprint density at radius 1 is 0.920 bits per heavy atom. The Hall–Kier alpha value is -2.24. The van der Waals surface area contributed by atoms with Crippen LogP contribution in [-0.4, -0.2) is 62.6 Å². The topological polar surface area (TPSA) is 45.2 Å². The van der Waals surface area contributed by atoms with E-state index in [9.17, 15) is 5.11 Å². The second-order valence-electron chi connectivity index (χ2n) is 6.26. The standard InChI is InChI=1S/C20H26N2O3/c1-24-19-9-7-17(8-10-19)22-13-11-21(12-14-22)15-18(23)16-25-20-5-3-2-4-6-20/h2-10,18,23H,11-16H2,1H3. The third-order valence-corrected chi connectivity index (χ3v) is 4.46. The first-order valence-electron chi connectivity index (χ1n) is 8.72. The fraction of sp³-hybridized carbons (Fsp3) is 0.400. The van der Waals surface area contributed by atoms with Gasteiger partial charge in [0.25, 0.3) is 0 Å². The molecule has 1 unspecified atom stereocenters. The van der Waals surface area contributed by atoms with E-state index in [0.717, 1.165) is 37.7 Å². The van der Waals surface area contributed by atoms with Gasteiger partial charge in [-0.25, -0.2) is 0 Å². The number of methoxy groups -OCH3 is 1. The predicted octanol–water partition coefficient (Wildman–Crippen LogP) is 2.26. The highest BCUT2D eigenvalue weighted by molar-refractivity contribution is 5.49. The fourth-order valence-electron chi connectivity index (χ4n) is 3.04. The number of benzene rings is 2. The molecule has 2 aromatic carbocycles. The van der Waals surface area contributed by atoms with Gasteiger partial charge < -0.3 is 19.5 Å². The molecule has 25 heavy (non-hydrogen) atoms. The highest BCUT2D eigenvalue weighted by Crippen LogP contribution is 2.20. The zero-order chi connectivity index (χ0) is 17.5. The molecule has 1 saturated heterocycles.